The lowest BCUT2D eigenvalue weighted by molar-refractivity contribution is -0.149. The van der Waals surface area contributed by atoms with Gasteiger partial charge in [-0.1, -0.05) is 50.1 Å². The Hall–Kier alpha value is -3.77. The summed E-state index contributed by atoms with van der Waals surface area (Å²) in [4.78, 5) is 23.2. The Kier molecular flexibility index (Phi) is 5.57. The van der Waals surface area contributed by atoms with E-state index in [1.807, 2.05) is 50.2 Å². The molecule has 0 aromatic heterocycles. The zero-order chi connectivity index (χ0) is 21.0. The normalized spacial score (nSPS) is 19.6. The molecule has 0 radical (unpaired) electrons. The minimum atomic E-state index is -1.25. The Morgan fingerprint density at radius 3 is 2.45 bits per heavy atom. The lowest BCUT2D eigenvalue weighted by atomic mass is 10.1. The quantitative estimate of drug-likeness (QED) is 0.614. The molecule has 29 heavy (non-hydrogen) atoms. The number of aliphatic carboxylic acids is 1. The molecule has 3 rings (SSSR count). The minimum absolute atomic E-state index is 0.418. The van der Waals surface area contributed by atoms with Gasteiger partial charge in [0, 0.05) is 17.4 Å². The van der Waals surface area contributed by atoms with Crippen molar-refractivity contribution < 1.29 is 24.2 Å². The molecular weight excluding hydrogens is 370 g/mol. The molecule has 0 saturated heterocycles. The summed E-state index contributed by atoms with van der Waals surface area (Å²) in [6, 6.07) is 18.0. The number of benzene rings is 2. The zero-order valence-electron chi connectivity index (χ0n) is 16.0. The summed E-state index contributed by atoms with van der Waals surface area (Å²) in [6.45, 7) is 3.63. The maximum Gasteiger partial charge on any atom is 0.381 e. The molecule has 2 aromatic carbocycles. The Morgan fingerprint density at radius 1 is 1.10 bits per heavy atom. The Balaban J connectivity index is 1.72. The molecule has 0 spiro atoms. The van der Waals surface area contributed by atoms with Crippen LogP contribution in [0.2, 0.25) is 0 Å². The van der Waals surface area contributed by atoms with Crippen LogP contribution in [0.5, 0.6) is 11.5 Å². The Morgan fingerprint density at radius 2 is 1.79 bits per heavy atom. The van der Waals surface area contributed by atoms with E-state index in [-0.39, 0.29) is 0 Å². The highest BCUT2D eigenvalue weighted by Gasteiger charge is 2.62. The molecule has 1 aliphatic rings. The molecule has 0 amide bonds. The standard InChI is InChI=1S/C23H19NO5/c1-23(2)18(11-12-20(25)26)21(23)22(27)29-19(14-24)15-7-6-10-17(13-15)28-16-8-4-3-5-9-16/h3-10,13,18-19,21H,1-2H3,(H,25,26)/t18?,19-,21?/m1/s1. The van der Waals surface area contributed by atoms with E-state index in [9.17, 15) is 14.9 Å². The fourth-order valence-corrected chi connectivity index (χ4v) is 3.21. The van der Waals surface area contributed by atoms with Crippen LogP contribution in [0.25, 0.3) is 0 Å². The Labute approximate surface area is 168 Å². The van der Waals surface area contributed by atoms with E-state index in [4.69, 9.17) is 14.6 Å². The highest BCUT2D eigenvalue weighted by Crippen LogP contribution is 2.58. The molecule has 2 unspecified atom stereocenters. The van der Waals surface area contributed by atoms with Gasteiger partial charge < -0.3 is 14.6 Å². The van der Waals surface area contributed by atoms with Gasteiger partial charge in [0.25, 0.3) is 0 Å². The maximum atomic E-state index is 12.6. The molecule has 0 aliphatic heterocycles. The zero-order valence-corrected chi connectivity index (χ0v) is 16.0. The minimum Gasteiger partial charge on any atom is -0.472 e. The van der Waals surface area contributed by atoms with Crippen LogP contribution in [0.15, 0.2) is 54.6 Å². The molecule has 2 aromatic rings. The molecule has 6 nitrogen and oxygen atoms in total. The molecule has 1 N–H and O–H groups in total. The molecule has 6 heteroatoms. The lowest BCUT2D eigenvalue weighted by Crippen LogP contribution is -2.14. The van der Waals surface area contributed by atoms with Crippen LogP contribution in [0.4, 0.5) is 0 Å². The van der Waals surface area contributed by atoms with Crippen LogP contribution in [-0.2, 0) is 14.3 Å². The predicted octanol–water partition coefficient (Wildman–Crippen LogP) is 3.95. The number of esters is 1. The molecule has 1 fully saturated rings. The van der Waals surface area contributed by atoms with Crippen molar-refractivity contribution in [3.8, 4) is 29.4 Å². The summed E-state index contributed by atoms with van der Waals surface area (Å²) in [7, 11) is 0. The molecule has 0 heterocycles. The van der Waals surface area contributed by atoms with Gasteiger partial charge in [0.1, 0.15) is 17.6 Å². The Bertz CT molecular complexity index is 1030. The smallest absolute Gasteiger partial charge is 0.381 e. The van der Waals surface area contributed by atoms with Gasteiger partial charge in [0.05, 0.1) is 5.92 Å². The van der Waals surface area contributed by atoms with Crippen molar-refractivity contribution in [2.75, 3.05) is 0 Å². The number of hydrogen-bond donors (Lipinski definition) is 1. The van der Waals surface area contributed by atoms with E-state index < -0.39 is 35.3 Å². The van der Waals surface area contributed by atoms with Crippen LogP contribution in [0.3, 0.4) is 0 Å². The van der Waals surface area contributed by atoms with Gasteiger partial charge in [-0.05, 0) is 29.7 Å². The van der Waals surface area contributed by atoms with Crippen LogP contribution >= 0.6 is 0 Å². The third kappa shape index (κ3) is 4.56. The van der Waals surface area contributed by atoms with Gasteiger partial charge in [0.15, 0.2) is 0 Å². The predicted molar refractivity (Wildman–Crippen MR) is 104 cm³/mol. The second-order valence-corrected chi connectivity index (χ2v) is 7.28. The fraction of sp³-hybridized carbons (Fsp3) is 0.261. The highest BCUT2D eigenvalue weighted by atomic mass is 16.5. The van der Waals surface area contributed by atoms with Crippen molar-refractivity contribution in [3.63, 3.8) is 0 Å². The lowest BCUT2D eigenvalue weighted by Gasteiger charge is -2.13. The van der Waals surface area contributed by atoms with Gasteiger partial charge >= 0.3 is 11.9 Å². The topological polar surface area (TPSA) is 96.6 Å². The monoisotopic (exact) mass is 389 g/mol. The van der Waals surface area contributed by atoms with Crippen molar-refractivity contribution in [2.24, 2.45) is 17.3 Å². The summed E-state index contributed by atoms with van der Waals surface area (Å²) in [5, 5.41) is 18.2. The van der Waals surface area contributed by atoms with Crippen molar-refractivity contribution in [1.29, 1.82) is 5.26 Å². The largest absolute Gasteiger partial charge is 0.472 e. The second kappa shape index (κ2) is 8.08. The van der Waals surface area contributed by atoms with E-state index >= 15 is 0 Å². The average molecular weight is 389 g/mol. The highest BCUT2D eigenvalue weighted by molar-refractivity contribution is 5.87. The van der Waals surface area contributed by atoms with Gasteiger partial charge in [-0.2, -0.15) is 5.26 Å². The molecule has 0 bridgehead atoms. The van der Waals surface area contributed by atoms with Gasteiger partial charge in [-0.15, -0.1) is 0 Å². The van der Waals surface area contributed by atoms with E-state index in [1.54, 1.807) is 24.3 Å². The number of para-hydroxylation sites is 1. The summed E-state index contributed by atoms with van der Waals surface area (Å²) >= 11 is 0. The van der Waals surface area contributed by atoms with Crippen molar-refractivity contribution >= 4 is 11.9 Å². The first-order valence-electron chi connectivity index (χ1n) is 9.00. The summed E-state index contributed by atoms with van der Waals surface area (Å²) in [6.07, 6.45) is -1.11. The van der Waals surface area contributed by atoms with E-state index in [0.29, 0.717) is 17.1 Å². The first-order chi connectivity index (χ1) is 13.8. The summed E-state index contributed by atoms with van der Waals surface area (Å²) in [5.41, 5.74) is -0.0152. The first kappa shape index (κ1) is 20.0. The number of carboxylic acids is 1. The molecular formula is C23H19NO5. The number of carbonyl (C=O) groups excluding carboxylic acids is 1. The summed E-state index contributed by atoms with van der Waals surface area (Å²) < 4.78 is 11.2. The van der Waals surface area contributed by atoms with Crippen molar-refractivity contribution in [2.45, 2.75) is 20.0 Å². The van der Waals surface area contributed by atoms with Crippen LogP contribution in [0.1, 0.15) is 25.5 Å². The number of carbonyl (C=O) groups is 2. The number of rotatable bonds is 5. The molecule has 1 aliphatic carbocycles. The van der Waals surface area contributed by atoms with Crippen LogP contribution in [0, 0.1) is 40.4 Å². The first-order valence-corrected chi connectivity index (χ1v) is 9.00. The number of ether oxygens (including phenoxy) is 2. The number of nitrogens with zero attached hydrogens (tertiary/aromatic N) is 1. The van der Waals surface area contributed by atoms with Crippen LogP contribution in [-0.4, -0.2) is 17.0 Å². The molecule has 1 saturated carbocycles. The van der Waals surface area contributed by atoms with Gasteiger partial charge in [0.2, 0.25) is 6.10 Å². The van der Waals surface area contributed by atoms with E-state index in [2.05, 4.69) is 11.8 Å². The average Bonchev–Trinajstić information content (AvgIpc) is 3.26. The number of hydrogen-bond acceptors (Lipinski definition) is 5. The van der Waals surface area contributed by atoms with Crippen LogP contribution < -0.4 is 4.74 Å². The molecule has 3 atom stereocenters. The SMILES string of the molecule is CC1(C)C(C#CC(=O)O)C1C(=O)O[C@H](C#N)c1cccc(Oc2ccccc2)c1. The number of carboxylic acid groups (broad SMARTS) is 1. The third-order valence-electron chi connectivity index (χ3n) is 4.91. The second-order valence-electron chi connectivity index (χ2n) is 7.28. The maximum absolute atomic E-state index is 12.6. The van der Waals surface area contributed by atoms with Gasteiger partial charge in [-0.3, -0.25) is 4.79 Å². The van der Waals surface area contributed by atoms with E-state index in [1.165, 1.54) is 0 Å². The third-order valence-corrected chi connectivity index (χ3v) is 4.91. The number of nitriles is 1. The summed E-state index contributed by atoms with van der Waals surface area (Å²) in [5.74, 6) is 3.00. The fourth-order valence-electron chi connectivity index (χ4n) is 3.21. The van der Waals surface area contributed by atoms with Crippen molar-refractivity contribution in [3.05, 3.63) is 60.2 Å². The van der Waals surface area contributed by atoms with Crippen molar-refractivity contribution in [1.82, 2.24) is 0 Å². The van der Waals surface area contributed by atoms with Gasteiger partial charge in [-0.25, -0.2) is 4.79 Å². The van der Waals surface area contributed by atoms with E-state index in [0.717, 1.165) is 0 Å². The molecule has 146 valence electrons.